The molecule has 1 N–H and O–H groups in total. The minimum absolute atomic E-state index is 0.129. The maximum absolute atomic E-state index is 13.8. The molecule has 4 nitrogen and oxygen atoms in total. The second-order valence-electron chi connectivity index (χ2n) is 9.11. The van der Waals surface area contributed by atoms with Gasteiger partial charge in [0.2, 0.25) is 10.0 Å². The monoisotopic (exact) mass is 478 g/mol. The summed E-state index contributed by atoms with van der Waals surface area (Å²) < 4.78 is 80.3. The normalized spacial score (nSPS) is 25.3. The van der Waals surface area contributed by atoms with Crippen LogP contribution in [0.4, 0.5) is 23.2 Å². The Morgan fingerprint density at radius 2 is 1.70 bits per heavy atom. The molecule has 0 aliphatic heterocycles. The van der Waals surface area contributed by atoms with E-state index in [-0.39, 0.29) is 22.8 Å². The van der Waals surface area contributed by atoms with Crippen molar-refractivity contribution in [1.29, 1.82) is 0 Å². The fraction of sp³-hybridized carbons (Fsp3) is 0.375. The Labute approximate surface area is 189 Å². The van der Waals surface area contributed by atoms with Crippen LogP contribution in [0.3, 0.4) is 0 Å². The molecule has 5 rings (SSSR count). The zero-order valence-corrected chi connectivity index (χ0v) is 18.4. The zero-order chi connectivity index (χ0) is 23.4. The van der Waals surface area contributed by atoms with Crippen molar-refractivity contribution in [2.45, 2.75) is 49.4 Å². The number of rotatable bonds is 4. The van der Waals surface area contributed by atoms with Gasteiger partial charge in [-0.2, -0.15) is 13.2 Å². The molecule has 2 aliphatic rings. The van der Waals surface area contributed by atoms with Gasteiger partial charge in [0, 0.05) is 17.3 Å². The van der Waals surface area contributed by atoms with Crippen LogP contribution in [0.5, 0.6) is 0 Å². The number of hydrogen-bond donors (Lipinski definition) is 1. The number of alkyl halides is 3. The highest BCUT2D eigenvalue weighted by atomic mass is 32.2. The molecule has 3 aromatic rings. The van der Waals surface area contributed by atoms with Crippen LogP contribution in [-0.2, 0) is 16.2 Å². The van der Waals surface area contributed by atoms with Crippen molar-refractivity contribution in [2.24, 2.45) is 5.41 Å². The predicted octanol–water partition coefficient (Wildman–Crippen LogP) is 6.25. The molecule has 0 saturated heterocycles. The minimum atomic E-state index is -4.47. The van der Waals surface area contributed by atoms with Crippen LogP contribution in [0.15, 0.2) is 54.7 Å². The van der Waals surface area contributed by atoms with E-state index in [4.69, 9.17) is 0 Å². The molecule has 2 aliphatic carbocycles. The number of fused-ring (bicyclic) bond motifs is 1. The number of sulfonamides is 1. The average Bonchev–Trinajstić information content (AvgIpc) is 3.48. The molecular formula is C24H22F4N2O2S. The Balaban J connectivity index is 1.27. The number of nitrogens with one attached hydrogen (secondary N) is 1. The van der Waals surface area contributed by atoms with Gasteiger partial charge in [-0.3, -0.25) is 9.71 Å². The van der Waals surface area contributed by atoms with E-state index in [2.05, 4.69) is 9.71 Å². The molecule has 1 unspecified atom stereocenters. The van der Waals surface area contributed by atoms with Gasteiger partial charge < -0.3 is 0 Å². The summed E-state index contributed by atoms with van der Waals surface area (Å²) in [5.74, 6) is -0.110. The lowest BCUT2D eigenvalue weighted by atomic mass is 9.76. The molecule has 1 heterocycles. The fourth-order valence-corrected chi connectivity index (χ4v) is 7.29. The Hall–Kier alpha value is -2.68. The van der Waals surface area contributed by atoms with Gasteiger partial charge >= 0.3 is 6.18 Å². The largest absolute Gasteiger partial charge is 0.416 e. The highest BCUT2D eigenvalue weighted by Gasteiger charge is 2.61. The Bertz CT molecular complexity index is 1300. The van der Waals surface area contributed by atoms with Gasteiger partial charge in [0.25, 0.3) is 0 Å². The Morgan fingerprint density at radius 1 is 1.00 bits per heavy atom. The summed E-state index contributed by atoms with van der Waals surface area (Å²) in [6.45, 7) is 0. The van der Waals surface area contributed by atoms with Crippen molar-refractivity contribution in [2.75, 3.05) is 4.72 Å². The van der Waals surface area contributed by atoms with Crippen LogP contribution in [0.2, 0.25) is 0 Å². The van der Waals surface area contributed by atoms with E-state index in [1.807, 2.05) is 6.07 Å². The third-order valence-corrected chi connectivity index (χ3v) is 9.06. The molecule has 2 fully saturated rings. The van der Waals surface area contributed by atoms with E-state index in [0.29, 0.717) is 6.42 Å². The van der Waals surface area contributed by atoms with Crippen LogP contribution in [-0.4, -0.2) is 18.7 Å². The molecule has 1 atom stereocenters. The number of halogens is 4. The first-order chi connectivity index (χ1) is 15.6. The van der Waals surface area contributed by atoms with Gasteiger partial charge in [-0.1, -0.05) is 0 Å². The second kappa shape index (κ2) is 7.68. The molecule has 2 saturated carbocycles. The summed E-state index contributed by atoms with van der Waals surface area (Å²) >= 11 is 0. The van der Waals surface area contributed by atoms with Crippen LogP contribution >= 0.6 is 0 Å². The first kappa shape index (κ1) is 22.1. The summed E-state index contributed by atoms with van der Waals surface area (Å²) in [6.07, 6.45) is 0.844. The maximum atomic E-state index is 13.8. The van der Waals surface area contributed by atoms with Gasteiger partial charge in [-0.05, 0) is 97.5 Å². The van der Waals surface area contributed by atoms with Gasteiger partial charge in [0.1, 0.15) is 5.82 Å². The quantitative estimate of drug-likeness (QED) is 0.451. The maximum Gasteiger partial charge on any atom is 0.416 e. The van der Waals surface area contributed by atoms with Gasteiger partial charge in [0.15, 0.2) is 0 Å². The van der Waals surface area contributed by atoms with E-state index in [0.717, 1.165) is 66.4 Å². The van der Waals surface area contributed by atoms with E-state index in [9.17, 15) is 26.0 Å². The molecule has 0 bridgehead atoms. The average molecular weight is 479 g/mol. The lowest BCUT2D eigenvalue weighted by molar-refractivity contribution is -0.137. The number of pyridine rings is 1. The van der Waals surface area contributed by atoms with Gasteiger partial charge in [0.05, 0.1) is 16.3 Å². The first-order valence-electron chi connectivity index (χ1n) is 10.8. The van der Waals surface area contributed by atoms with Gasteiger partial charge in [-0.25, -0.2) is 12.8 Å². The Kier molecular flexibility index (Phi) is 5.15. The van der Waals surface area contributed by atoms with Crippen LogP contribution in [0.1, 0.15) is 49.1 Å². The summed E-state index contributed by atoms with van der Waals surface area (Å²) in [4.78, 5) is 4.31. The third-order valence-electron chi connectivity index (χ3n) is 7.12. The van der Waals surface area contributed by atoms with Gasteiger partial charge in [-0.15, -0.1) is 0 Å². The van der Waals surface area contributed by atoms with Crippen molar-refractivity contribution in [3.05, 3.63) is 71.7 Å². The lowest BCUT2D eigenvalue weighted by Crippen LogP contribution is -2.26. The van der Waals surface area contributed by atoms with Crippen molar-refractivity contribution < 1.29 is 26.0 Å². The first-order valence-corrected chi connectivity index (χ1v) is 12.4. The van der Waals surface area contributed by atoms with Crippen LogP contribution in [0, 0.1) is 11.2 Å². The number of hydrogen-bond acceptors (Lipinski definition) is 3. The van der Waals surface area contributed by atoms with E-state index < -0.39 is 27.0 Å². The molecule has 0 radical (unpaired) electrons. The van der Waals surface area contributed by atoms with Crippen molar-refractivity contribution in [3.63, 3.8) is 0 Å². The highest BCUT2D eigenvalue weighted by Crippen LogP contribution is 2.62. The number of nitrogens with zero attached hydrogens (tertiary/aromatic N) is 1. The molecule has 1 aromatic heterocycles. The second-order valence-corrected chi connectivity index (χ2v) is 11.0. The molecular weight excluding hydrogens is 456 g/mol. The third kappa shape index (κ3) is 4.18. The number of benzene rings is 2. The summed E-state index contributed by atoms with van der Waals surface area (Å²) in [7, 11) is -3.71. The van der Waals surface area contributed by atoms with E-state index in [1.54, 1.807) is 12.3 Å². The molecule has 174 valence electrons. The van der Waals surface area contributed by atoms with Crippen molar-refractivity contribution in [1.82, 2.24) is 4.98 Å². The number of aromatic nitrogens is 1. The lowest BCUT2D eigenvalue weighted by Gasteiger charge is -2.30. The summed E-state index contributed by atoms with van der Waals surface area (Å²) in [6, 6.07) is 10.5. The standard InChI is InChI=1S/C24H22F4N2O2S/c25-17-3-6-21-20(13-17)19(9-12-29-21)15-7-10-23(11-8-15)14-22(23)33(31,32)30-18-4-1-16(2-5-18)24(26,27)28/h1-6,9,12-13,15,22,30H,7-8,10-11,14H2. The zero-order valence-electron chi connectivity index (χ0n) is 17.6. The summed E-state index contributed by atoms with van der Waals surface area (Å²) in [5.41, 5.74) is 0.779. The fourth-order valence-electron chi connectivity index (χ4n) is 5.24. The van der Waals surface area contributed by atoms with Crippen molar-refractivity contribution in [3.8, 4) is 0 Å². The number of anilines is 1. The Morgan fingerprint density at radius 3 is 2.36 bits per heavy atom. The summed E-state index contributed by atoms with van der Waals surface area (Å²) in [5, 5.41) is 0.238. The molecule has 9 heteroatoms. The predicted molar refractivity (Wildman–Crippen MR) is 118 cm³/mol. The molecule has 2 aromatic carbocycles. The van der Waals surface area contributed by atoms with Crippen LogP contribution < -0.4 is 4.72 Å². The smallest absolute Gasteiger partial charge is 0.283 e. The van der Waals surface area contributed by atoms with E-state index in [1.165, 1.54) is 12.1 Å². The van der Waals surface area contributed by atoms with Crippen LogP contribution in [0.25, 0.3) is 10.9 Å². The topological polar surface area (TPSA) is 59.1 Å². The highest BCUT2D eigenvalue weighted by molar-refractivity contribution is 7.93. The molecule has 33 heavy (non-hydrogen) atoms. The van der Waals surface area contributed by atoms with Crippen molar-refractivity contribution >= 4 is 26.6 Å². The van der Waals surface area contributed by atoms with E-state index >= 15 is 0 Å². The molecule has 1 spiro atoms. The minimum Gasteiger partial charge on any atom is -0.283 e. The SMILES string of the molecule is O=S(=O)(Nc1ccc(C(F)(F)F)cc1)C1CC12CCC(c1ccnc3ccc(F)cc13)CC2. The molecule has 0 amide bonds.